The lowest BCUT2D eigenvalue weighted by atomic mass is 9.97. The minimum absolute atomic E-state index is 0.159. The van der Waals surface area contributed by atoms with Crippen molar-refractivity contribution in [3.05, 3.63) is 34.3 Å². The molecule has 21 heavy (non-hydrogen) atoms. The van der Waals surface area contributed by atoms with Crippen LogP contribution in [0.2, 0.25) is 0 Å². The van der Waals surface area contributed by atoms with Crippen molar-refractivity contribution in [1.29, 1.82) is 0 Å². The molecule has 5 heteroatoms. The van der Waals surface area contributed by atoms with Gasteiger partial charge in [0.2, 0.25) is 0 Å². The third-order valence-corrected chi connectivity index (χ3v) is 5.10. The van der Waals surface area contributed by atoms with E-state index in [1.807, 2.05) is 11.0 Å². The van der Waals surface area contributed by atoms with Crippen molar-refractivity contribution in [3.8, 4) is 0 Å². The van der Waals surface area contributed by atoms with E-state index in [0.717, 1.165) is 36.7 Å². The van der Waals surface area contributed by atoms with Crippen LogP contribution in [0.15, 0.2) is 28.7 Å². The predicted molar refractivity (Wildman–Crippen MR) is 85.1 cm³/mol. The third-order valence-electron chi connectivity index (χ3n) is 4.60. The van der Waals surface area contributed by atoms with Gasteiger partial charge in [-0.2, -0.15) is 0 Å². The van der Waals surface area contributed by atoms with Gasteiger partial charge >= 0.3 is 6.09 Å². The molecule has 2 bridgehead atoms. The summed E-state index contributed by atoms with van der Waals surface area (Å²) < 4.78 is 6.02. The number of benzene rings is 1. The van der Waals surface area contributed by atoms with Crippen LogP contribution < -0.4 is 5.32 Å². The van der Waals surface area contributed by atoms with Crippen LogP contribution >= 0.6 is 15.9 Å². The predicted octanol–water partition coefficient (Wildman–Crippen LogP) is 3.30. The minimum Gasteiger partial charge on any atom is -0.453 e. The molecule has 2 saturated heterocycles. The Morgan fingerprint density at radius 2 is 2.10 bits per heavy atom. The highest BCUT2D eigenvalue weighted by Crippen LogP contribution is 2.36. The van der Waals surface area contributed by atoms with Crippen LogP contribution in [0, 0.1) is 0 Å². The number of carbonyl (C=O) groups excluding carboxylic acids is 1. The molecule has 2 aliphatic heterocycles. The topological polar surface area (TPSA) is 41.6 Å². The van der Waals surface area contributed by atoms with Crippen molar-refractivity contribution in [2.45, 2.75) is 50.4 Å². The monoisotopic (exact) mass is 352 g/mol. The second kappa shape index (κ2) is 6.36. The van der Waals surface area contributed by atoms with Gasteiger partial charge in [-0.15, -0.1) is 0 Å². The molecule has 114 valence electrons. The van der Waals surface area contributed by atoms with Crippen LogP contribution in [-0.4, -0.2) is 36.2 Å². The highest BCUT2D eigenvalue weighted by molar-refractivity contribution is 9.10. The fraction of sp³-hybridized carbons (Fsp3) is 0.562. The largest absolute Gasteiger partial charge is 0.453 e. The van der Waals surface area contributed by atoms with Crippen LogP contribution in [0.5, 0.6) is 0 Å². The first kappa shape index (κ1) is 14.9. The number of hydrogen-bond acceptors (Lipinski definition) is 3. The Balaban J connectivity index is 1.57. The van der Waals surface area contributed by atoms with E-state index in [1.54, 1.807) is 0 Å². The third kappa shape index (κ3) is 3.24. The molecule has 0 aliphatic carbocycles. The number of ether oxygens (including phenoxy) is 1. The van der Waals surface area contributed by atoms with E-state index < -0.39 is 0 Å². The van der Waals surface area contributed by atoms with Gasteiger partial charge < -0.3 is 15.0 Å². The highest BCUT2D eigenvalue weighted by Gasteiger charge is 2.43. The summed E-state index contributed by atoms with van der Waals surface area (Å²) in [4.78, 5) is 13.8. The summed E-state index contributed by atoms with van der Waals surface area (Å²) in [5.41, 5.74) is 1.28. The number of fused-ring (bicyclic) bond motifs is 2. The van der Waals surface area contributed by atoms with Gasteiger partial charge in [0.05, 0.1) is 7.11 Å². The first-order valence-corrected chi connectivity index (χ1v) is 8.31. The Morgan fingerprint density at radius 3 is 2.71 bits per heavy atom. The molecule has 3 rings (SSSR count). The van der Waals surface area contributed by atoms with Gasteiger partial charge in [-0.05, 0) is 43.4 Å². The summed E-state index contributed by atoms with van der Waals surface area (Å²) in [6, 6.07) is 9.56. The van der Waals surface area contributed by atoms with Gasteiger partial charge in [0, 0.05) is 29.1 Å². The Morgan fingerprint density at radius 1 is 1.38 bits per heavy atom. The molecule has 2 heterocycles. The average Bonchev–Trinajstić information content (AvgIpc) is 2.75. The second-order valence-corrected chi connectivity index (χ2v) is 6.86. The maximum absolute atomic E-state index is 11.8. The van der Waals surface area contributed by atoms with Gasteiger partial charge in [0.1, 0.15) is 0 Å². The van der Waals surface area contributed by atoms with Crippen molar-refractivity contribution >= 4 is 22.0 Å². The highest BCUT2D eigenvalue weighted by atomic mass is 79.9. The maximum Gasteiger partial charge on any atom is 0.409 e. The van der Waals surface area contributed by atoms with Crippen molar-refractivity contribution in [3.63, 3.8) is 0 Å². The summed E-state index contributed by atoms with van der Waals surface area (Å²) in [5.74, 6) is 0. The lowest BCUT2D eigenvalue weighted by molar-refractivity contribution is 0.0771. The standard InChI is InChI=1S/C16H21BrN2O2/c1-21-16(20)19-14-5-6-15(19)9-13(8-14)18-10-11-3-2-4-12(17)7-11/h2-4,7,13-15,18H,5-6,8-10H2,1H3. The zero-order valence-electron chi connectivity index (χ0n) is 12.2. The molecule has 1 aromatic rings. The molecule has 0 spiro atoms. The van der Waals surface area contributed by atoms with Crippen LogP contribution in [0.25, 0.3) is 0 Å². The molecule has 0 aromatic heterocycles. The van der Waals surface area contributed by atoms with Gasteiger partial charge in [0.25, 0.3) is 0 Å². The van der Waals surface area contributed by atoms with E-state index in [1.165, 1.54) is 12.7 Å². The fourth-order valence-electron chi connectivity index (χ4n) is 3.66. The quantitative estimate of drug-likeness (QED) is 0.907. The van der Waals surface area contributed by atoms with Crippen molar-refractivity contribution in [2.24, 2.45) is 0 Å². The van der Waals surface area contributed by atoms with Gasteiger partial charge in [-0.25, -0.2) is 4.79 Å². The zero-order chi connectivity index (χ0) is 14.8. The summed E-state index contributed by atoms with van der Waals surface area (Å²) in [5, 5.41) is 3.64. The van der Waals surface area contributed by atoms with Crippen molar-refractivity contribution in [1.82, 2.24) is 10.2 Å². The fourth-order valence-corrected chi connectivity index (χ4v) is 4.10. The molecular weight excluding hydrogens is 332 g/mol. The average molecular weight is 353 g/mol. The number of nitrogens with one attached hydrogen (secondary N) is 1. The number of amides is 1. The smallest absolute Gasteiger partial charge is 0.409 e. The van der Waals surface area contributed by atoms with Crippen molar-refractivity contribution in [2.75, 3.05) is 7.11 Å². The summed E-state index contributed by atoms with van der Waals surface area (Å²) in [6.07, 6.45) is 4.11. The maximum atomic E-state index is 11.8. The molecule has 1 N–H and O–H groups in total. The molecular formula is C16H21BrN2O2. The number of carbonyl (C=O) groups is 1. The molecule has 2 unspecified atom stereocenters. The minimum atomic E-state index is -0.159. The molecule has 4 nitrogen and oxygen atoms in total. The first-order chi connectivity index (χ1) is 10.2. The normalized spacial score (nSPS) is 27.7. The SMILES string of the molecule is COC(=O)N1C2CCC1CC(NCc1cccc(Br)c1)C2. The van der Waals surface area contributed by atoms with E-state index >= 15 is 0 Å². The zero-order valence-corrected chi connectivity index (χ0v) is 13.8. The van der Waals surface area contributed by atoms with Gasteiger partial charge in [-0.1, -0.05) is 28.1 Å². The first-order valence-electron chi connectivity index (χ1n) is 7.51. The number of methoxy groups -OCH3 is 1. The number of nitrogens with zero attached hydrogens (tertiary/aromatic N) is 1. The van der Waals surface area contributed by atoms with E-state index in [-0.39, 0.29) is 6.09 Å². The lowest BCUT2D eigenvalue weighted by Crippen LogP contribution is -2.51. The molecule has 2 atom stereocenters. The summed E-state index contributed by atoms with van der Waals surface area (Å²) in [7, 11) is 1.47. The van der Waals surface area contributed by atoms with Crippen molar-refractivity contribution < 1.29 is 9.53 Å². The van der Waals surface area contributed by atoms with E-state index in [9.17, 15) is 4.79 Å². The molecule has 2 fully saturated rings. The van der Waals surface area contributed by atoms with Crippen LogP contribution in [0.3, 0.4) is 0 Å². The molecule has 1 amide bonds. The molecule has 2 aliphatic rings. The summed E-state index contributed by atoms with van der Waals surface area (Å²) in [6.45, 7) is 0.877. The molecule has 0 saturated carbocycles. The van der Waals surface area contributed by atoms with Gasteiger partial charge in [-0.3, -0.25) is 0 Å². The Bertz CT molecular complexity index is 509. The van der Waals surface area contributed by atoms with E-state index in [2.05, 4.69) is 39.4 Å². The number of hydrogen-bond donors (Lipinski definition) is 1. The summed E-state index contributed by atoms with van der Waals surface area (Å²) >= 11 is 3.50. The second-order valence-electron chi connectivity index (χ2n) is 5.94. The van der Waals surface area contributed by atoms with Gasteiger partial charge in [0.15, 0.2) is 0 Å². The number of rotatable bonds is 3. The Kier molecular flexibility index (Phi) is 4.50. The van der Waals surface area contributed by atoms with E-state index in [4.69, 9.17) is 4.74 Å². The van der Waals surface area contributed by atoms with Crippen LogP contribution in [-0.2, 0) is 11.3 Å². The lowest BCUT2D eigenvalue weighted by Gasteiger charge is -2.38. The Labute approximate surface area is 134 Å². The van der Waals surface area contributed by atoms with Crippen LogP contribution in [0.1, 0.15) is 31.2 Å². The molecule has 1 aromatic carbocycles. The Hall–Kier alpha value is -1.07. The van der Waals surface area contributed by atoms with E-state index in [0.29, 0.717) is 18.1 Å². The molecule has 0 radical (unpaired) electrons. The number of halogens is 1. The van der Waals surface area contributed by atoms with Crippen LogP contribution in [0.4, 0.5) is 4.79 Å². The number of piperidine rings is 1.